The van der Waals surface area contributed by atoms with Crippen molar-refractivity contribution in [3.8, 4) is 0 Å². The van der Waals surface area contributed by atoms with E-state index >= 15 is 0 Å². The molecule has 0 radical (unpaired) electrons. The molecule has 4 heterocycles. The van der Waals surface area contributed by atoms with Crippen molar-refractivity contribution < 1.29 is 19.2 Å². The molecule has 0 aromatic carbocycles. The molecular weight excluding hydrogens is 470 g/mol. The first-order valence-electron chi connectivity index (χ1n) is 14.5. The fourth-order valence-electron chi connectivity index (χ4n) is 6.78. The van der Waals surface area contributed by atoms with E-state index in [4.69, 9.17) is 0 Å². The van der Waals surface area contributed by atoms with Gasteiger partial charge in [-0.15, -0.1) is 0 Å². The summed E-state index contributed by atoms with van der Waals surface area (Å²) in [7, 11) is 1.74. The third-order valence-corrected chi connectivity index (χ3v) is 9.31. The van der Waals surface area contributed by atoms with Crippen LogP contribution in [0.15, 0.2) is 0 Å². The Labute approximate surface area is 222 Å². The number of nitrogens with one attached hydrogen (secondary N) is 1. The van der Waals surface area contributed by atoms with Crippen LogP contribution in [0.2, 0.25) is 0 Å². The number of fused-ring (bicyclic) bond motifs is 3. The maximum atomic E-state index is 13.2. The molecule has 4 fully saturated rings. The summed E-state index contributed by atoms with van der Waals surface area (Å²) >= 11 is 0. The molecule has 4 aliphatic rings. The average Bonchev–Trinajstić information content (AvgIpc) is 3.40. The molecule has 0 saturated carbocycles. The van der Waals surface area contributed by atoms with Crippen LogP contribution in [-0.2, 0) is 19.2 Å². The zero-order valence-corrected chi connectivity index (χ0v) is 23.1. The summed E-state index contributed by atoms with van der Waals surface area (Å²) in [5, 5.41) is 3.14. The van der Waals surface area contributed by atoms with Gasteiger partial charge >= 0.3 is 0 Å². The summed E-state index contributed by atoms with van der Waals surface area (Å²) < 4.78 is 0. The lowest BCUT2D eigenvalue weighted by Crippen LogP contribution is -2.49. The van der Waals surface area contributed by atoms with Gasteiger partial charge in [-0.25, -0.2) is 0 Å². The van der Waals surface area contributed by atoms with Crippen molar-refractivity contribution in [2.24, 2.45) is 23.7 Å². The monoisotopic (exact) mass is 517 g/mol. The Kier molecular flexibility index (Phi) is 9.48. The molecule has 9 nitrogen and oxygen atoms in total. The highest BCUT2D eigenvalue weighted by molar-refractivity contribution is 5.85. The van der Waals surface area contributed by atoms with Gasteiger partial charge in [-0.3, -0.25) is 19.2 Å². The van der Waals surface area contributed by atoms with Crippen LogP contribution in [0.5, 0.6) is 0 Å². The Morgan fingerprint density at radius 1 is 0.892 bits per heavy atom. The topological polar surface area (TPSA) is 93.3 Å². The number of carbonyl (C=O) groups is 4. The third-order valence-electron chi connectivity index (χ3n) is 9.31. The molecule has 0 spiro atoms. The predicted octanol–water partition coefficient (Wildman–Crippen LogP) is 1.57. The van der Waals surface area contributed by atoms with Crippen LogP contribution in [0.25, 0.3) is 0 Å². The van der Waals surface area contributed by atoms with Crippen LogP contribution in [0.1, 0.15) is 65.2 Å². The maximum absolute atomic E-state index is 13.2. The lowest BCUT2D eigenvalue weighted by molar-refractivity contribution is -0.142. The zero-order valence-electron chi connectivity index (χ0n) is 23.1. The van der Waals surface area contributed by atoms with E-state index < -0.39 is 0 Å². The van der Waals surface area contributed by atoms with Gasteiger partial charge in [0.2, 0.25) is 23.6 Å². The lowest BCUT2D eigenvalue weighted by Gasteiger charge is -2.41. The largest absolute Gasteiger partial charge is 0.356 e. The van der Waals surface area contributed by atoms with Gasteiger partial charge in [0.25, 0.3) is 0 Å². The first kappa shape index (κ1) is 27.9. The molecule has 9 heteroatoms. The Hall–Kier alpha value is -2.16. The molecule has 1 N–H and O–H groups in total. The molecule has 0 aromatic rings. The first-order chi connectivity index (χ1) is 17.7. The Balaban J connectivity index is 1.46. The molecule has 4 aliphatic heterocycles. The highest BCUT2D eigenvalue weighted by Crippen LogP contribution is 2.32. The van der Waals surface area contributed by atoms with Crippen molar-refractivity contribution in [1.82, 2.24) is 24.9 Å². The van der Waals surface area contributed by atoms with Gasteiger partial charge in [0, 0.05) is 71.6 Å². The number of hydrogen-bond acceptors (Lipinski definition) is 5. The number of carbonyl (C=O) groups excluding carboxylic acids is 4. The minimum Gasteiger partial charge on any atom is -0.356 e. The van der Waals surface area contributed by atoms with Crippen LogP contribution in [0.3, 0.4) is 0 Å². The number of piperidine rings is 2. The Morgan fingerprint density at radius 3 is 2.38 bits per heavy atom. The van der Waals surface area contributed by atoms with E-state index in [2.05, 4.69) is 24.1 Å². The van der Waals surface area contributed by atoms with Crippen molar-refractivity contribution in [3.05, 3.63) is 0 Å². The second-order valence-electron chi connectivity index (χ2n) is 12.1. The minimum absolute atomic E-state index is 0.00839. The van der Waals surface area contributed by atoms with E-state index in [1.54, 1.807) is 11.9 Å². The number of rotatable bonds is 3. The van der Waals surface area contributed by atoms with Gasteiger partial charge < -0.3 is 24.9 Å². The molecule has 4 rings (SSSR count). The number of nitrogens with zero attached hydrogens (tertiary/aromatic N) is 4. The molecule has 4 saturated heterocycles. The van der Waals surface area contributed by atoms with E-state index in [1.807, 2.05) is 9.80 Å². The zero-order chi connectivity index (χ0) is 26.5. The molecule has 4 atom stereocenters. The van der Waals surface area contributed by atoms with Crippen molar-refractivity contribution in [1.29, 1.82) is 0 Å². The molecule has 208 valence electrons. The Bertz CT molecular complexity index is 842. The van der Waals surface area contributed by atoms with Crippen LogP contribution in [0.4, 0.5) is 0 Å². The lowest BCUT2D eigenvalue weighted by atomic mass is 9.80. The average molecular weight is 518 g/mol. The van der Waals surface area contributed by atoms with E-state index in [9.17, 15) is 19.2 Å². The second-order valence-corrected chi connectivity index (χ2v) is 12.1. The molecule has 0 unspecified atom stereocenters. The predicted molar refractivity (Wildman–Crippen MR) is 141 cm³/mol. The smallest absolute Gasteiger partial charge is 0.242 e. The number of likely N-dealkylation sites (N-methyl/N-ethyl adjacent to an activating group) is 1. The summed E-state index contributed by atoms with van der Waals surface area (Å²) in [5.74, 6) is 0.811. The van der Waals surface area contributed by atoms with E-state index in [0.29, 0.717) is 50.9 Å². The highest BCUT2D eigenvalue weighted by atomic mass is 16.2. The first-order valence-corrected chi connectivity index (χ1v) is 14.5. The van der Waals surface area contributed by atoms with Gasteiger partial charge in [0.05, 0.1) is 6.54 Å². The normalized spacial score (nSPS) is 31.1. The molecule has 0 aromatic heterocycles. The fraction of sp³-hybridized carbons (Fsp3) is 0.857. The summed E-state index contributed by atoms with van der Waals surface area (Å²) in [5.41, 5.74) is 0. The summed E-state index contributed by atoms with van der Waals surface area (Å²) in [6.07, 6.45) is 5.90. The van der Waals surface area contributed by atoms with Crippen LogP contribution in [0, 0.1) is 23.7 Å². The summed E-state index contributed by atoms with van der Waals surface area (Å²) in [4.78, 5) is 60.1. The fourth-order valence-corrected chi connectivity index (χ4v) is 6.78. The molecule has 2 bridgehead atoms. The molecule has 4 amide bonds. The van der Waals surface area contributed by atoms with Gasteiger partial charge in [-0.2, -0.15) is 0 Å². The standard InChI is InChI=1S/C28H47N5O4/c1-20(2)32-12-7-21-15-26(35)30(3)19-28(37)33-13-8-22(16-27(36)31-10-4-5-11-31)24(18-33)14-25(34)29-9-6-23(21)17-32/h20-24H,4-19H2,1-3H3,(H,29,34)/t21-,22-,23-,24-/m0/s1. The third kappa shape index (κ3) is 7.24. The second kappa shape index (κ2) is 12.6. The number of amides is 4. The van der Waals surface area contributed by atoms with Gasteiger partial charge in [-0.05, 0) is 76.2 Å². The Morgan fingerprint density at radius 2 is 1.65 bits per heavy atom. The van der Waals surface area contributed by atoms with E-state index in [-0.39, 0.29) is 47.9 Å². The molecular formula is C28H47N5O4. The van der Waals surface area contributed by atoms with Crippen molar-refractivity contribution >= 4 is 23.6 Å². The quantitative estimate of drug-likeness (QED) is 0.614. The van der Waals surface area contributed by atoms with Crippen LogP contribution in [-0.4, -0.2) is 109 Å². The van der Waals surface area contributed by atoms with Gasteiger partial charge in [0.15, 0.2) is 0 Å². The summed E-state index contributed by atoms with van der Waals surface area (Å²) in [6.45, 7) is 9.71. The minimum atomic E-state index is -0.0633. The van der Waals surface area contributed by atoms with Crippen molar-refractivity contribution in [2.45, 2.75) is 71.3 Å². The maximum Gasteiger partial charge on any atom is 0.242 e. The SMILES string of the molecule is CC(C)N1CC[C@H]2CC(=O)N(C)CC(=O)N3CC[C@@H](CC(=O)N4CCCC4)[C@@H](CC(=O)NCC[C@H]2C1)C3. The molecule has 37 heavy (non-hydrogen) atoms. The van der Waals surface area contributed by atoms with Gasteiger partial charge in [-0.1, -0.05) is 0 Å². The van der Waals surface area contributed by atoms with Crippen LogP contribution < -0.4 is 5.32 Å². The highest BCUT2D eigenvalue weighted by Gasteiger charge is 2.37. The number of likely N-dealkylation sites (tertiary alicyclic amines) is 2. The summed E-state index contributed by atoms with van der Waals surface area (Å²) in [6, 6.07) is 0.455. The van der Waals surface area contributed by atoms with Crippen molar-refractivity contribution in [2.75, 3.05) is 59.4 Å². The van der Waals surface area contributed by atoms with Crippen LogP contribution >= 0.6 is 0 Å². The van der Waals surface area contributed by atoms with Crippen molar-refractivity contribution in [3.63, 3.8) is 0 Å². The molecule has 0 aliphatic carbocycles. The van der Waals surface area contributed by atoms with Gasteiger partial charge in [0.1, 0.15) is 0 Å². The van der Waals surface area contributed by atoms with E-state index in [1.165, 1.54) is 0 Å². The number of hydrogen-bond donors (Lipinski definition) is 1. The van der Waals surface area contributed by atoms with E-state index in [0.717, 1.165) is 58.3 Å².